The number of rotatable bonds is 5. The number of alkyl halides is 1. The van der Waals surface area contributed by atoms with Crippen molar-refractivity contribution < 1.29 is 9.66 Å². The monoisotopic (exact) mass is 389 g/mol. The number of nitro benzene ring substituents is 1. The first-order valence-corrected chi connectivity index (χ1v) is 7.62. The van der Waals surface area contributed by atoms with Crippen molar-refractivity contribution in [1.82, 2.24) is 0 Å². The summed E-state index contributed by atoms with van der Waals surface area (Å²) < 4.78 is 6.48. The molecule has 0 aromatic heterocycles. The van der Waals surface area contributed by atoms with Gasteiger partial charge in [0.2, 0.25) is 0 Å². The van der Waals surface area contributed by atoms with E-state index in [0.717, 1.165) is 10.0 Å². The molecule has 0 aliphatic rings. The molecule has 0 bridgehead atoms. The second-order valence-electron chi connectivity index (χ2n) is 4.21. The highest BCUT2D eigenvalue weighted by Crippen LogP contribution is 2.27. The second-order valence-corrected chi connectivity index (χ2v) is 5.76. The molecule has 0 atom stereocenters. The average Bonchev–Trinajstić information content (AvgIpc) is 2.47. The molecule has 0 saturated heterocycles. The third kappa shape index (κ3) is 4.09. The van der Waals surface area contributed by atoms with Crippen LogP contribution >= 0.6 is 39.1 Å². The summed E-state index contributed by atoms with van der Waals surface area (Å²) in [6.07, 6.45) is 0. The molecule has 0 aliphatic carbocycles. The van der Waals surface area contributed by atoms with Crippen molar-refractivity contribution in [2.75, 3.05) is 0 Å². The number of hydrogen-bond donors (Lipinski definition) is 0. The summed E-state index contributed by atoms with van der Waals surface area (Å²) in [5, 5.41) is 11.3. The quantitative estimate of drug-likeness (QED) is 0.394. The predicted octanol–water partition coefficient (Wildman–Crippen LogP) is 5.33. The number of nitrogens with zero attached hydrogens (tertiary/aromatic N) is 1. The third-order valence-electron chi connectivity index (χ3n) is 2.80. The van der Waals surface area contributed by atoms with E-state index in [0.29, 0.717) is 22.2 Å². The van der Waals surface area contributed by atoms with Gasteiger partial charge in [0.05, 0.1) is 10.5 Å². The Bertz CT molecular complexity index is 679. The van der Waals surface area contributed by atoms with Gasteiger partial charge in [-0.3, -0.25) is 10.1 Å². The lowest BCUT2D eigenvalue weighted by Crippen LogP contribution is -2.01. The molecule has 0 radical (unpaired) electrons. The summed E-state index contributed by atoms with van der Waals surface area (Å²) >= 11 is 15.0. The standard InChI is InChI=1S/C14H10BrCl2NO3/c15-13-4-3-12(5-10(13)7-16)21-8-9-1-2-11(17)6-14(9)18(19)20/h1-6H,7-8H2. The summed E-state index contributed by atoms with van der Waals surface area (Å²) in [5.74, 6) is 0.942. The van der Waals surface area contributed by atoms with Crippen LogP contribution in [-0.2, 0) is 12.5 Å². The molecule has 0 amide bonds. The fourth-order valence-electron chi connectivity index (χ4n) is 1.73. The van der Waals surface area contributed by atoms with Gasteiger partial charge >= 0.3 is 0 Å². The molecule has 2 aromatic rings. The smallest absolute Gasteiger partial charge is 0.277 e. The highest BCUT2D eigenvalue weighted by atomic mass is 79.9. The fourth-order valence-corrected chi connectivity index (χ4v) is 2.67. The Morgan fingerprint density at radius 1 is 1.19 bits per heavy atom. The van der Waals surface area contributed by atoms with E-state index < -0.39 is 4.92 Å². The Balaban J connectivity index is 2.18. The molecule has 0 unspecified atom stereocenters. The summed E-state index contributed by atoms with van der Waals surface area (Å²) in [6, 6.07) is 9.87. The molecule has 4 nitrogen and oxygen atoms in total. The lowest BCUT2D eigenvalue weighted by atomic mass is 10.2. The van der Waals surface area contributed by atoms with Gasteiger partial charge in [0.1, 0.15) is 12.4 Å². The van der Waals surface area contributed by atoms with Crippen molar-refractivity contribution in [1.29, 1.82) is 0 Å². The van der Waals surface area contributed by atoms with Crippen molar-refractivity contribution in [2.24, 2.45) is 0 Å². The van der Waals surface area contributed by atoms with E-state index in [2.05, 4.69) is 15.9 Å². The minimum absolute atomic E-state index is 0.0582. The van der Waals surface area contributed by atoms with Crippen LogP contribution in [0.15, 0.2) is 40.9 Å². The molecule has 2 rings (SSSR count). The zero-order valence-electron chi connectivity index (χ0n) is 10.7. The lowest BCUT2D eigenvalue weighted by Gasteiger charge is -2.09. The predicted molar refractivity (Wildman–Crippen MR) is 86.1 cm³/mol. The molecular formula is C14H10BrCl2NO3. The summed E-state index contributed by atoms with van der Waals surface area (Å²) in [7, 11) is 0. The molecule has 0 spiro atoms. The van der Waals surface area contributed by atoms with Crippen LogP contribution in [0, 0.1) is 10.1 Å². The van der Waals surface area contributed by atoms with E-state index in [1.165, 1.54) is 6.07 Å². The van der Waals surface area contributed by atoms with Crippen LogP contribution in [0.25, 0.3) is 0 Å². The normalized spacial score (nSPS) is 10.4. The van der Waals surface area contributed by atoms with Crippen LogP contribution in [-0.4, -0.2) is 4.92 Å². The largest absolute Gasteiger partial charge is 0.489 e. The minimum atomic E-state index is -0.476. The van der Waals surface area contributed by atoms with Gasteiger partial charge in [-0.05, 0) is 35.9 Å². The number of halogens is 3. The van der Waals surface area contributed by atoms with E-state index in [1.807, 2.05) is 6.07 Å². The van der Waals surface area contributed by atoms with Crippen molar-refractivity contribution in [3.63, 3.8) is 0 Å². The van der Waals surface area contributed by atoms with Crippen molar-refractivity contribution >= 4 is 44.8 Å². The Labute approximate surface area is 139 Å². The van der Waals surface area contributed by atoms with Crippen LogP contribution in [0.4, 0.5) is 5.69 Å². The zero-order chi connectivity index (χ0) is 15.4. The van der Waals surface area contributed by atoms with Gasteiger partial charge in [-0.1, -0.05) is 27.5 Å². The highest BCUT2D eigenvalue weighted by molar-refractivity contribution is 9.10. The van der Waals surface area contributed by atoms with Crippen molar-refractivity contribution in [3.05, 3.63) is 67.1 Å². The van der Waals surface area contributed by atoms with Crippen LogP contribution in [0.3, 0.4) is 0 Å². The van der Waals surface area contributed by atoms with Gasteiger partial charge in [0, 0.05) is 21.4 Å². The first-order valence-electron chi connectivity index (χ1n) is 5.91. The minimum Gasteiger partial charge on any atom is -0.489 e. The van der Waals surface area contributed by atoms with Crippen LogP contribution in [0.2, 0.25) is 5.02 Å². The maximum absolute atomic E-state index is 11.0. The van der Waals surface area contributed by atoms with Gasteiger partial charge in [0.25, 0.3) is 5.69 Å². The molecule has 2 aromatic carbocycles. The second kappa shape index (κ2) is 7.11. The van der Waals surface area contributed by atoms with E-state index in [4.69, 9.17) is 27.9 Å². The Morgan fingerprint density at radius 2 is 1.95 bits per heavy atom. The Kier molecular flexibility index (Phi) is 5.45. The topological polar surface area (TPSA) is 52.4 Å². The summed E-state index contributed by atoms with van der Waals surface area (Å²) in [5.41, 5.74) is 1.29. The molecule has 0 N–H and O–H groups in total. The summed E-state index contributed by atoms with van der Waals surface area (Å²) in [4.78, 5) is 10.5. The third-order valence-corrected chi connectivity index (χ3v) is 4.10. The molecule has 0 saturated carbocycles. The number of hydrogen-bond acceptors (Lipinski definition) is 3. The van der Waals surface area contributed by atoms with Gasteiger partial charge in [0.15, 0.2) is 0 Å². The van der Waals surface area contributed by atoms with E-state index >= 15 is 0 Å². The van der Waals surface area contributed by atoms with Gasteiger partial charge in [-0.25, -0.2) is 0 Å². The zero-order valence-corrected chi connectivity index (χ0v) is 13.8. The number of ether oxygens (including phenoxy) is 1. The first-order chi connectivity index (χ1) is 10.0. The molecule has 0 aliphatic heterocycles. The van der Waals surface area contributed by atoms with Gasteiger partial charge in [-0.2, -0.15) is 0 Å². The molecule has 0 fully saturated rings. The molecule has 21 heavy (non-hydrogen) atoms. The van der Waals surface area contributed by atoms with Crippen LogP contribution in [0.5, 0.6) is 5.75 Å². The van der Waals surface area contributed by atoms with E-state index in [9.17, 15) is 10.1 Å². The van der Waals surface area contributed by atoms with Gasteiger partial charge < -0.3 is 4.74 Å². The Morgan fingerprint density at radius 3 is 2.62 bits per heavy atom. The fraction of sp³-hybridized carbons (Fsp3) is 0.143. The molecule has 0 heterocycles. The molecule has 7 heteroatoms. The van der Waals surface area contributed by atoms with Crippen molar-refractivity contribution in [3.8, 4) is 5.75 Å². The maximum atomic E-state index is 11.0. The lowest BCUT2D eigenvalue weighted by molar-refractivity contribution is -0.385. The first kappa shape index (κ1) is 16.1. The average molecular weight is 391 g/mol. The number of benzene rings is 2. The number of nitro groups is 1. The highest BCUT2D eigenvalue weighted by Gasteiger charge is 2.15. The van der Waals surface area contributed by atoms with Crippen LogP contribution < -0.4 is 4.74 Å². The van der Waals surface area contributed by atoms with E-state index in [1.54, 1.807) is 24.3 Å². The summed E-state index contributed by atoms with van der Waals surface area (Å²) in [6.45, 7) is 0.0802. The maximum Gasteiger partial charge on any atom is 0.277 e. The van der Waals surface area contributed by atoms with Crippen LogP contribution in [0.1, 0.15) is 11.1 Å². The van der Waals surface area contributed by atoms with Gasteiger partial charge in [-0.15, -0.1) is 11.6 Å². The SMILES string of the molecule is O=[N+]([O-])c1cc(Cl)ccc1COc1ccc(Br)c(CCl)c1. The van der Waals surface area contributed by atoms with Crippen molar-refractivity contribution in [2.45, 2.75) is 12.5 Å². The molecule has 110 valence electrons. The molecular weight excluding hydrogens is 381 g/mol. The van der Waals surface area contributed by atoms with E-state index in [-0.39, 0.29) is 12.3 Å². The Hall–Kier alpha value is -1.30.